The fourth-order valence-electron chi connectivity index (χ4n) is 1.12. The van der Waals surface area contributed by atoms with Crippen LogP contribution in [-0.4, -0.2) is 17.5 Å². The summed E-state index contributed by atoms with van der Waals surface area (Å²) in [5.74, 6) is 1.17. The van der Waals surface area contributed by atoms with Crippen molar-refractivity contribution >= 4 is 23.4 Å². The molecule has 0 aliphatic heterocycles. The van der Waals surface area contributed by atoms with Crippen molar-refractivity contribution in [1.29, 1.82) is 0 Å². The molecule has 0 aliphatic carbocycles. The van der Waals surface area contributed by atoms with Gasteiger partial charge in [-0.1, -0.05) is 24.6 Å². The molecule has 0 heterocycles. The molecular formula is C11H16ClNOS. The van der Waals surface area contributed by atoms with Crippen LogP contribution in [0.3, 0.4) is 0 Å². The van der Waals surface area contributed by atoms with E-state index in [2.05, 4.69) is 0 Å². The van der Waals surface area contributed by atoms with E-state index < -0.39 is 0 Å². The summed E-state index contributed by atoms with van der Waals surface area (Å²) in [6.45, 7) is 2.75. The molecule has 1 unspecified atom stereocenters. The first-order chi connectivity index (χ1) is 7.17. The molecule has 0 amide bonds. The first-order valence-corrected chi connectivity index (χ1v) is 6.26. The van der Waals surface area contributed by atoms with Crippen LogP contribution in [0, 0.1) is 5.92 Å². The molecule has 15 heavy (non-hydrogen) atoms. The summed E-state index contributed by atoms with van der Waals surface area (Å²) in [5, 5.41) is 9.66. The monoisotopic (exact) mass is 245 g/mol. The number of halogens is 1. The lowest BCUT2D eigenvalue weighted by molar-refractivity contribution is 0.250. The maximum absolute atomic E-state index is 8.93. The maximum atomic E-state index is 8.93. The van der Waals surface area contributed by atoms with Crippen LogP contribution in [0.4, 0.5) is 0 Å². The van der Waals surface area contributed by atoms with Crippen LogP contribution < -0.4 is 5.73 Å². The standard InChI is InChI=1S/C11H16ClNOS/c1-8(6-14)7-15-11-4-10(12)3-2-9(11)5-13/h2-4,8,14H,5-7,13H2,1H3. The molecule has 0 spiro atoms. The molecule has 1 aromatic carbocycles. The zero-order valence-corrected chi connectivity index (χ0v) is 10.3. The number of thioether (sulfide) groups is 1. The van der Waals surface area contributed by atoms with Gasteiger partial charge in [-0.05, 0) is 23.6 Å². The van der Waals surface area contributed by atoms with Crippen LogP contribution in [0.15, 0.2) is 23.1 Å². The lowest BCUT2D eigenvalue weighted by Gasteiger charge is -2.10. The van der Waals surface area contributed by atoms with E-state index in [0.29, 0.717) is 12.5 Å². The Morgan fingerprint density at radius 2 is 2.27 bits per heavy atom. The molecule has 3 N–H and O–H groups in total. The van der Waals surface area contributed by atoms with Crippen molar-refractivity contribution < 1.29 is 5.11 Å². The number of nitrogens with two attached hydrogens (primary N) is 1. The Morgan fingerprint density at radius 1 is 1.53 bits per heavy atom. The molecule has 2 nitrogen and oxygen atoms in total. The van der Waals surface area contributed by atoms with Crippen molar-refractivity contribution in [1.82, 2.24) is 0 Å². The van der Waals surface area contributed by atoms with Crippen molar-refractivity contribution in [3.05, 3.63) is 28.8 Å². The first-order valence-electron chi connectivity index (χ1n) is 4.89. The molecule has 0 radical (unpaired) electrons. The van der Waals surface area contributed by atoms with Crippen molar-refractivity contribution in [2.75, 3.05) is 12.4 Å². The summed E-state index contributed by atoms with van der Waals surface area (Å²) in [6.07, 6.45) is 0. The largest absolute Gasteiger partial charge is 0.396 e. The van der Waals surface area contributed by atoms with Gasteiger partial charge < -0.3 is 10.8 Å². The second-order valence-electron chi connectivity index (χ2n) is 3.55. The molecule has 0 aromatic heterocycles. The zero-order chi connectivity index (χ0) is 11.3. The molecule has 0 bridgehead atoms. The average Bonchev–Trinajstić information content (AvgIpc) is 2.26. The van der Waals surface area contributed by atoms with E-state index >= 15 is 0 Å². The van der Waals surface area contributed by atoms with Crippen LogP contribution in [0.5, 0.6) is 0 Å². The Morgan fingerprint density at radius 3 is 2.87 bits per heavy atom. The molecule has 4 heteroatoms. The fourth-order valence-corrected chi connectivity index (χ4v) is 2.47. The van der Waals surface area contributed by atoms with Gasteiger partial charge in [-0.3, -0.25) is 0 Å². The van der Waals surface area contributed by atoms with E-state index in [9.17, 15) is 0 Å². The smallest absolute Gasteiger partial charge is 0.0464 e. The topological polar surface area (TPSA) is 46.2 Å². The minimum absolute atomic E-state index is 0.214. The van der Waals surface area contributed by atoms with E-state index in [0.717, 1.165) is 21.2 Å². The summed E-state index contributed by atoms with van der Waals surface area (Å²) in [7, 11) is 0. The van der Waals surface area contributed by atoms with Crippen LogP contribution in [-0.2, 0) is 6.54 Å². The normalized spacial score (nSPS) is 12.8. The van der Waals surface area contributed by atoms with Gasteiger partial charge in [0.1, 0.15) is 0 Å². The van der Waals surface area contributed by atoms with Crippen LogP contribution in [0.1, 0.15) is 12.5 Å². The Labute approximate surface area is 99.8 Å². The van der Waals surface area contributed by atoms with Crippen molar-refractivity contribution in [3.63, 3.8) is 0 Å². The van der Waals surface area contributed by atoms with Gasteiger partial charge in [0.05, 0.1) is 0 Å². The third-order valence-corrected chi connectivity index (χ3v) is 3.75. The van der Waals surface area contributed by atoms with Gasteiger partial charge in [0.15, 0.2) is 0 Å². The van der Waals surface area contributed by atoms with Crippen LogP contribution in [0.2, 0.25) is 5.02 Å². The maximum Gasteiger partial charge on any atom is 0.0464 e. The van der Waals surface area contributed by atoms with Gasteiger partial charge in [0.2, 0.25) is 0 Å². The molecule has 0 saturated carbocycles. The highest BCUT2D eigenvalue weighted by Gasteiger charge is 2.06. The summed E-state index contributed by atoms with van der Waals surface area (Å²) in [4.78, 5) is 1.12. The highest BCUT2D eigenvalue weighted by Crippen LogP contribution is 2.27. The molecule has 0 saturated heterocycles. The van der Waals surface area contributed by atoms with Crippen LogP contribution in [0.25, 0.3) is 0 Å². The van der Waals surface area contributed by atoms with Gasteiger partial charge >= 0.3 is 0 Å². The summed E-state index contributed by atoms with van der Waals surface area (Å²) < 4.78 is 0. The number of rotatable bonds is 5. The fraction of sp³-hybridized carbons (Fsp3) is 0.455. The molecule has 0 aliphatic rings. The van der Waals surface area contributed by atoms with E-state index in [1.165, 1.54) is 0 Å². The SMILES string of the molecule is CC(CO)CSc1cc(Cl)ccc1CN. The van der Waals surface area contributed by atoms with Crippen LogP contribution >= 0.6 is 23.4 Å². The zero-order valence-electron chi connectivity index (χ0n) is 8.74. The van der Waals surface area contributed by atoms with Gasteiger partial charge in [-0.2, -0.15) is 0 Å². The second-order valence-corrected chi connectivity index (χ2v) is 5.05. The molecule has 1 rings (SSSR count). The molecule has 1 aromatic rings. The Bertz CT molecular complexity index is 319. The van der Waals surface area contributed by atoms with E-state index in [-0.39, 0.29) is 6.61 Å². The number of benzene rings is 1. The highest BCUT2D eigenvalue weighted by atomic mass is 35.5. The Hall–Kier alpha value is -0.220. The van der Waals surface area contributed by atoms with E-state index in [1.54, 1.807) is 11.8 Å². The first kappa shape index (κ1) is 12.8. The van der Waals surface area contributed by atoms with Gasteiger partial charge in [-0.25, -0.2) is 0 Å². The van der Waals surface area contributed by atoms with E-state index in [4.69, 9.17) is 22.4 Å². The Kier molecular flexibility index (Phi) is 5.47. The third-order valence-electron chi connectivity index (χ3n) is 2.08. The van der Waals surface area contributed by atoms with Crippen molar-refractivity contribution in [2.45, 2.75) is 18.4 Å². The van der Waals surface area contributed by atoms with Crippen molar-refractivity contribution in [3.8, 4) is 0 Å². The number of aliphatic hydroxyl groups excluding tert-OH is 1. The molecular weight excluding hydrogens is 230 g/mol. The molecule has 1 atom stereocenters. The highest BCUT2D eigenvalue weighted by molar-refractivity contribution is 7.99. The Balaban J connectivity index is 2.69. The van der Waals surface area contributed by atoms with Gasteiger partial charge in [0, 0.05) is 28.8 Å². The molecule has 84 valence electrons. The average molecular weight is 246 g/mol. The predicted molar refractivity (Wildman–Crippen MR) is 66.3 cm³/mol. The summed E-state index contributed by atoms with van der Waals surface area (Å²) in [6, 6.07) is 5.73. The minimum atomic E-state index is 0.214. The number of hydrogen-bond acceptors (Lipinski definition) is 3. The summed E-state index contributed by atoms with van der Waals surface area (Å²) >= 11 is 7.61. The molecule has 0 fully saturated rings. The lowest BCUT2D eigenvalue weighted by atomic mass is 10.2. The van der Waals surface area contributed by atoms with E-state index in [1.807, 2.05) is 25.1 Å². The number of aliphatic hydroxyl groups is 1. The predicted octanol–water partition coefficient (Wildman–Crippen LogP) is 2.52. The van der Waals surface area contributed by atoms with Gasteiger partial charge in [-0.15, -0.1) is 11.8 Å². The third kappa shape index (κ3) is 4.03. The minimum Gasteiger partial charge on any atom is -0.396 e. The van der Waals surface area contributed by atoms with Crippen molar-refractivity contribution in [2.24, 2.45) is 11.7 Å². The quantitative estimate of drug-likeness (QED) is 0.784. The second kappa shape index (κ2) is 6.38. The summed E-state index contributed by atoms with van der Waals surface area (Å²) in [5.41, 5.74) is 6.74. The number of hydrogen-bond donors (Lipinski definition) is 2. The van der Waals surface area contributed by atoms with Gasteiger partial charge in [0.25, 0.3) is 0 Å². The lowest BCUT2D eigenvalue weighted by Crippen LogP contribution is -2.04.